The summed E-state index contributed by atoms with van der Waals surface area (Å²) in [6.45, 7) is 4.13. The molecule has 0 aromatic carbocycles. The van der Waals surface area contributed by atoms with Gasteiger partial charge in [-0.3, -0.25) is 4.68 Å². The van der Waals surface area contributed by atoms with E-state index in [0.717, 1.165) is 0 Å². The number of nitrogens with zero attached hydrogens (tertiary/aromatic N) is 3. The quantitative estimate of drug-likeness (QED) is 0.563. The fourth-order valence-electron chi connectivity index (χ4n) is 0.695. The van der Waals surface area contributed by atoms with Gasteiger partial charge in [0, 0.05) is 0 Å². The molecule has 0 spiro atoms. The molecule has 0 aliphatic heterocycles. The van der Waals surface area contributed by atoms with E-state index in [1.165, 1.54) is 0 Å². The number of aromatic nitrogens is 2. The maximum Gasteiger partial charge on any atom is 0.138 e. The Morgan fingerprint density at radius 3 is 3.30 bits per heavy atom. The molecule has 0 saturated heterocycles. The molecule has 1 aromatic heterocycles. The Morgan fingerprint density at radius 1 is 1.90 bits per heavy atom. The van der Waals surface area contributed by atoms with Gasteiger partial charge in [-0.25, -0.2) is 0 Å². The molecule has 0 saturated carbocycles. The smallest absolute Gasteiger partial charge is 0.138 e. The van der Waals surface area contributed by atoms with Gasteiger partial charge in [-0.2, -0.15) is 10.4 Å². The van der Waals surface area contributed by atoms with Gasteiger partial charge in [0.15, 0.2) is 0 Å². The first-order valence-electron chi connectivity index (χ1n) is 2.91. The Bertz CT molecular complexity index is 267. The Balaban J connectivity index is 2.92. The summed E-state index contributed by atoms with van der Waals surface area (Å²) in [6.07, 6.45) is 3.30. The van der Waals surface area contributed by atoms with E-state index in [1.807, 2.05) is 6.07 Å². The highest BCUT2D eigenvalue weighted by molar-refractivity contribution is 5.18. The zero-order valence-corrected chi connectivity index (χ0v) is 5.49. The molecule has 3 heteroatoms. The molecular weight excluding hydrogens is 126 g/mol. The first-order valence-corrected chi connectivity index (χ1v) is 2.91. The molecule has 0 N–H and O–H groups in total. The highest BCUT2D eigenvalue weighted by atomic mass is 15.3. The van der Waals surface area contributed by atoms with Gasteiger partial charge in [0.05, 0.1) is 12.7 Å². The summed E-state index contributed by atoms with van der Waals surface area (Å²) in [5.74, 6) is 0. The van der Waals surface area contributed by atoms with Crippen LogP contribution in [-0.4, -0.2) is 9.78 Å². The van der Waals surface area contributed by atoms with Crippen molar-refractivity contribution in [2.24, 2.45) is 0 Å². The molecule has 0 bridgehead atoms. The molecule has 50 valence electrons. The number of hydrogen-bond acceptors (Lipinski definition) is 2. The van der Waals surface area contributed by atoms with Gasteiger partial charge in [-0.05, 0) is 6.07 Å². The van der Waals surface area contributed by atoms with Crippen molar-refractivity contribution in [1.29, 1.82) is 5.26 Å². The lowest BCUT2D eigenvalue weighted by Gasteiger charge is -1.94. The van der Waals surface area contributed by atoms with Crippen molar-refractivity contribution in [3.8, 4) is 6.07 Å². The van der Waals surface area contributed by atoms with Crippen LogP contribution < -0.4 is 0 Å². The normalized spacial score (nSPS) is 8.70. The first kappa shape index (κ1) is 6.56. The summed E-state index contributed by atoms with van der Waals surface area (Å²) in [5, 5.41) is 12.4. The molecule has 0 fully saturated rings. The molecule has 10 heavy (non-hydrogen) atoms. The van der Waals surface area contributed by atoms with Crippen LogP contribution in [0.5, 0.6) is 0 Å². The minimum absolute atomic E-state index is 0.569. The van der Waals surface area contributed by atoms with Crippen LogP contribution in [0.1, 0.15) is 5.69 Å². The van der Waals surface area contributed by atoms with E-state index in [2.05, 4.69) is 11.7 Å². The van der Waals surface area contributed by atoms with Gasteiger partial charge in [-0.15, -0.1) is 6.58 Å². The van der Waals surface area contributed by atoms with Gasteiger partial charge in [0.25, 0.3) is 0 Å². The van der Waals surface area contributed by atoms with Crippen LogP contribution in [0, 0.1) is 11.3 Å². The second-order valence-corrected chi connectivity index (χ2v) is 1.80. The van der Waals surface area contributed by atoms with Gasteiger partial charge in [-0.1, -0.05) is 6.08 Å². The fraction of sp³-hybridized carbons (Fsp3) is 0.143. The molecule has 0 unspecified atom stereocenters. The Morgan fingerprint density at radius 2 is 2.70 bits per heavy atom. The minimum atomic E-state index is 0.569. The summed E-state index contributed by atoms with van der Waals surface area (Å²) in [4.78, 5) is 0. The van der Waals surface area contributed by atoms with Crippen molar-refractivity contribution in [1.82, 2.24) is 9.78 Å². The van der Waals surface area contributed by atoms with Gasteiger partial charge in [0.1, 0.15) is 11.8 Å². The van der Waals surface area contributed by atoms with Crippen molar-refractivity contribution in [3.05, 3.63) is 30.6 Å². The van der Waals surface area contributed by atoms with Crippen molar-refractivity contribution < 1.29 is 0 Å². The fourth-order valence-corrected chi connectivity index (χ4v) is 0.695. The highest BCUT2D eigenvalue weighted by Crippen LogP contribution is 1.94. The predicted octanol–water partition coefficient (Wildman–Crippen LogP) is 0.941. The molecule has 1 aromatic rings. The number of allylic oxidation sites excluding steroid dienone is 1. The van der Waals surface area contributed by atoms with E-state index in [9.17, 15) is 0 Å². The first-order chi connectivity index (χ1) is 4.88. The van der Waals surface area contributed by atoms with Crippen molar-refractivity contribution >= 4 is 0 Å². The number of rotatable bonds is 2. The van der Waals surface area contributed by atoms with Crippen LogP contribution in [0.3, 0.4) is 0 Å². The molecule has 0 radical (unpaired) electrons. The van der Waals surface area contributed by atoms with E-state index in [0.29, 0.717) is 12.2 Å². The maximum absolute atomic E-state index is 8.49. The van der Waals surface area contributed by atoms with Crippen LogP contribution in [0.25, 0.3) is 0 Å². The molecular formula is C7H7N3. The largest absolute Gasteiger partial charge is 0.251 e. The maximum atomic E-state index is 8.49. The zero-order valence-electron chi connectivity index (χ0n) is 5.49. The molecule has 0 atom stereocenters. The third-order valence-electron chi connectivity index (χ3n) is 1.13. The minimum Gasteiger partial charge on any atom is -0.251 e. The van der Waals surface area contributed by atoms with Gasteiger partial charge in [0.2, 0.25) is 0 Å². The lowest BCUT2D eigenvalue weighted by atomic mass is 10.4. The van der Waals surface area contributed by atoms with Crippen LogP contribution >= 0.6 is 0 Å². The van der Waals surface area contributed by atoms with Gasteiger partial charge >= 0.3 is 0 Å². The average Bonchev–Trinajstić information content (AvgIpc) is 2.36. The lowest BCUT2D eigenvalue weighted by molar-refractivity contribution is 0.693. The van der Waals surface area contributed by atoms with Gasteiger partial charge < -0.3 is 0 Å². The summed E-state index contributed by atoms with van der Waals surface area (Å²) < 4.78 is 1.59. The number of hydrogen-bond donors (Lipinski definition) is 0. The van der Waals surface area contributed by atoms with Crippen molar-refractivity contribution in [2.45, 2.75) is 6.54 Å². The molecule has 0 aliphatic rings. The van der Waals surface area contributed by atoms with E-state index >= 15 is 0 Å². The SMILES string of the molecule is C=CCn1nccc1C#N. The Hall–Kier alpha value is -1.56. The van der Waals surface area contributed by atoms with Crippen LogP contribution in [-0.2, 0) is 6.54 Å². The second-order valence-electron chi connectivity index (χ2n) is 1.80. The van der Waals surface area contributed by atoms with E-state index in [1.54, 1.807) is 23.0 Å². The zero-order chi connectivity index (χ0) is 7.40. The second kappa shape index (κ2) is 2.83. The van der Waals surface area contributed by atoms with Crippen molar-refractivity contribution in [2.75, 3.05) is 0 Å². The summed E-state index contributed by atoms with van der Waals surface area (Å²) in [6, 6.07) is 3.68. The molecule has 3 nitrogen and oxygen atoms in total. The average molecular weight is 133 g/mol. The topological polar surface area (TPSA) is 41.6 Å². The summed E-state index contributed by atoms with van der Waals surface area (Å²) >= 11 is 0. The molecule has 0 aliphatic carbocycles. The Labute approximate surface area is 59.2 Å². The highest BCUT2D eigenvalue weighted by Gasteiger charge is 1.95. The predicted molar refractivity (Wildman–Crippen MR) is 37.1 cm³/mol. The van der Waals surface area contributed by atoms with E-state index in [4.69, 9.17) is 5.26 Å². The van der Waals surface area contributed by atoms with E-state index < -0.39 is 0 Å². The van der Waals surface area contributed by atoms with Crippen LogP contribution in [0.2, 0.25) is 0 Å². The molecule has 0 amide bonds. The van der Waals surface area contributed by atoms with Crippen LogP contribution in [0.4, 0.5) is 0 Å². The molecule has 1 rings (SSSR count). The third kappa shape index (κ3) is 1.06. The summed E-state index contributed by atoms with van der Waals surface area (Å²) in [5.41, 5.74) is 0.569. The monoisotopic (exact) mass is 133 g/mol. The van der Waals surface area contributed by atoms with E-state index in [-0.39, 0.29) is 0 Å². The lowest BCUT2D eigenvalue weighted by Crippen LogP contribution is -1.99. The Kier molecular flexibility index (Phi) is 1.86. The standard InChI is InChI=1S/C7H7N3/c1-2-5-10-7(6-8)3-4-9-10/h2-4H,1,5H2. The number of nitriles is 1. The van der Waals surface area contributed by atoms with Crippen LogP contribution in [0.15, 0.2) is 24.9 Å². The third-order valence-corrected chi connectivity index (χ3v) is 1.13. The summed E-state index contributed by atoms with van der Waals surface area (Å²) in [7, 11) is 0. The van der Waals surface area contributed by atoms with Crippen molar-refractivity contribution in [3.63, 3.8) is 0 Å². The molecule has 1 heterocycles.